The maximum Gasteiger partial charge on any atom is 0.287 e. The van der Waals surface area contributed by atoms with Gasteiger partial charge in [-0.2, -0.15) is 0 Å². The van der Waals surface area contributed by atoms with Crippen LogP contribution in [-0.2, 0) is 14.3 Å². The third kappa shape index (κ3) is 6.40. The topological polar surface area (TPSA) is 114 Å². The van der Waals surface area contributed by atoms with Crippen molar-refractivity contribution in [2.75, 3.05) is 26.8 Å². The summed E-state index contributed by atoms with van der Waals surface area (Å²) >= 11 is 0. The summed E-state index contributed by atoms with van der Waals surface area (Å²) in [5.41, 5.74) is 0.648. The maximum absolute atomic E-state index is 13.4. The molecule has 2 heterocycles. The van der Waals surface area contributed by atoms with Crippen LogP contribution in [0.5, 0.6) is 0 Å². The molecule has 32 heavy (non-hydrogen) atoms. The standard InChI is InChI=1S/C23H30N4O5/c1-31-15-13-27(20(28)16-25-22(29)19-8-5-14-32-19)21(17-9-11-24-12-10-17)23(30)26-18-6-3-2-4-7-18/h5,8-12,14,18,21H,2-4,6-7,13,15-16H2,1H3,(H,25,29)(H,26,30). The van der Waals surface area contributed by atoms with Crippen LogP contribution in [0.4, 0.5) is 0 Å². The molecule has 0 aromatic carbocycles. The summed E-state index contributed by atoms with van der Waals surface area (Å²) in [4.78, 5) is 44.2. The van der Waals surface area contributed by atoms with Gasteiger partial charge in [-0.15, -0.1) is 0 Å². The molecule has 172 valence electrons. The van der Waals surface area contributed by atoms with Crippen molar-refractivity contribution >= 4 is 17.7 Å². The van der Waals surface area contributed by atoms with E-state index in [-0.39, 0.29) is 37.4 Å². The minimum Gasteiger partial charge on any atom is -0.459 e. The number of hydrogen-bond donors (Lipinski definition) is 2. The number of methoxy groups -OCH3 is 1. The average molecular weight is 443 g/mol. The van der Waals surface area contributed by atoms with Gasteiger partial charge < -0.3 is 24.7 Å². The largest absolute Gasteiger partial charge is 0.459 e. The number of nitrogens with zero attached hydrogens (tertiary/aromatic N) is 2. The van der Waals surface area contributed by atoms with E-state index in [0.717, 1.165) is 25.7 Å². The molecular formula is C23H30N4O5. The monoisotopic (exact) mass is 442 g/mol. The molecule has 1 aliphatic rings. The summed E-state index contributed by atoms with van der Waals surface area (Å²) in [6.07, 6.45) is 9.76. The van der Waals surface area contributed by atoms with E-state index < -0.39 is 17.9 Å². The van der Waals surface area contributed by atoms with Crippen molar-refractivity contribution < 1.29 is 23.5 Å². The van der Waals surface area contributed by atoms with Gasteiger partial charge in [0.2, 0.25) is 11.8 Å². The van der Waals surface area contributed by atoms with Crippen LogP contribution in [0.3, 0.4) is 0 Å². The van der Waals surface area contributed by atoms with E-state index in [1.165, 1.54) is 30.8 Å². The van der Waals surface area contributed by atoms with Gasteiger partial charge in [0.25, 0.3) is 5.91 Å². The third-order valence-electron chi connectivity index (χ3n) is 5.54. The van der Waals surface area contributed by atoms with Crippen LogP contribution in [0, 0.1) is 0 Å². The Morgan fingerprint density at radius 2 is 1.94 bits per heavy atom. The van der Waals surface area contributed by atoms with Gasteiger partial charge in [-0.1, -0.05) is 19.3 Å². The van der Waals surface area contributed by atoms with Crippen LogP contribution >= 0.6 is 0 Å². The number of furan rings is 1. The number of carbonyl (C=O) groups excluding carboxylic acids is 3. The predicted octanol–water partition coefficient (Wildman–Crippen LogP) is 2.07. The lowest BCUT2D eigenvalue weighted by atomic mass is 9.94. The molecule has 1 aliphatic carbocycles. The lowest BCUT2D eigenvalue weighted by Gasteiger charge is -2.33. The smallest absolute Gasteiger partial charge is 0.287 e. The minimum atomic E-state index is -0.858. The number of nitrogens with one attached hydrogen (secondary N) is 2. The van der Waals surface area contributed by atoms with Crippen molar-refractivity contribution in [3.05, 3.63) is 54.2 Å². The Bertz CT molecular complexity index is 866. The van der Waals surface area contributed by atoms with Gasteiger partial charge in [-0.05, 0) is 42.7 Å². The van der Waals surface area contributed by atoms with Gasteiger partial charge in [0.1, 0.15) is 6.04 Å². The summed E-state index contributed by atoms with van der Waals surface area (Å²) < 4.78 is 10.2. The van der Waals surface area contributed by atoms with E-state index in [0.29, 0.717) is 5.56 Å². The van der Waals surface area contributed by atoms with Gasteiger partial charge in [0, 0.05) is 32.1 Å². The highest BCUT2D eigenvalue weighted by molar-refractivity contribution is 5.95. The lowest BCUT2D eigenvalue weighted by molar-refractivity contribution is -0.141. The summed E-state index contributed by atoms with van der Waals surface area (Å²) in [5, 5.41) is 5.68. The molecule has 3 amide bonds. The summed E-state index contributed by atoms with van der Waals surface area (Å²) in [6.45, 7) is 0.161. The van der Waals surface area contributed by atoms with Crippen molar-refractivity contribution in [2.24, 2.45) is 0 Å². The molecule has 1 fully saturated rings. The van der Waals surface area contributed by atoms with Crippen molar-refractivity contribution in [1.29, 1.82) is 0 Å². The van der Waals surface area contributed by atoms with E-state index in [2.05, 4.69) is 15.6 Å². The molecule has 0 aliphatic heterocycles. The Morgan fingerprint density at radius 1 is 1.19 bits per heavy atom. The normalized spacial score (nSPS) is 15.0. The van der Waals surface area contributed by atoms with Crippen LogP contribution in [0.15, 0.2) is 47.3 Å². The average Bonchev–Trinajstić information content (AvgIpc) is 3.36. The fourth-order valence-corrected chi connectivity index (χ4v) is 3.89. The molecule has 1 atom stereocenters. The van der Waals surface area contributed by atoms with E-state index in [1.807, 2.05) is 0 Å². The van der Waals surface area contributed by atoms with Crippen LogP contribution in [0.25, 0.3) is 0 Å². The molecule has 1 saturated carbocycles. The van der Waals surface area contributed by atoms with Crippen LogP contribution in [-0.4, -0.2) is 60.5 Å². The third-order valence-corrected chi connectivity index (χ3v) is 5.54. The second kappa shape index (κ2) is 12.0. The SMILES string of the molecule is COCCN(C(=O)CNC(=O)c1ccco1)C(C(=O)NC1CCCCC1)c1ccncc1. The molecule has 1 unspecified atom stereocenters. The van der Waals surface area contributed by atoms with Crippen molar-refractivity contribution in [3.63, 3.8) is 0 Å². The van der Waals surface area contributed by atoms with Crippen molar-refractivity contribution in [2.45, 2.75) is 44.2 Å². The van der Waals surface area contributed by atoms with Crippen LogP contribution in [0.2, 0.25) is 0 Å². The molecule has 2 N–H and O–H groups in total. The highest BCUT2D eigenvalue weighted by atomic mass is 16.5. The van der Waals surface area contributed by atoms with Gasteiger partial charge in [0.15, 0.2) is 5.76 Å². The second-order valence-corrected chi connectivity index (χ2v) is 7.77. The zero-order valence-corrected chi connectivity index (χ0v) is 18.3. The second-order valence-electron chi connectivity index (χ2n) is 7.77. The van der Waals surface area contributed by atoms with Gasteiger partial charge >= 0.3 is 0 Å². The van der Waals surface area contributed by atoms with Crippen molar-refractivity contribution in [1.82, 2.24) is 20.5 Å². The zero-order chi connectivity index (χ0) is 22.8. The van der Waals surface area contributed by atoms with Crippen LogP contribution < -0.4 is 10.6 Å². The molecule has 0 bridgehead atoms. The molecular weight excluding hydrogens is 412 g/mol. The minimum absolute atomic E-state index is 0.0959. The number of rotatable bonds is 10. The molecule has 9 nitrogen and oxygen atoms in total. The lowest BCUT2D eigenvalue weighted by Crippen LogP contribution is -2.50. The molecule has 0 spiro atoms. The van der Waals surface area contributed by atoms with E-state index >= 15 is 0 Å². The first kappa shape index (κ1) is 23.5. The number of ether oxygens (including phenoxy) is 1. The van der Waals surface area contributed by atoms with Gasteiger partial charge in [-0.25, -0.2) is 0 Å². The van der Waals surface area contributed by atoms with Crippen molar-refractivity contribution in [3.8, 4) is 0 Å². The molecule has 0 radical (unpaired) electrons. The number of pyridine rings is 1. The fourth-order valence-electron chi connectivity index (χ4n) is 3.89. The van der Waals surface area contributed by atoms with Gasteiger partial charge in [0.05, 0.1) is 19.4 Å². The number of amides is 3. The number of carbonyl (C=O) groups is 3. The highest BCUT2D eigenvalue weighted by Crippen LogP contribution is 2.23. The molecule has 0 saturated heterocycles. The summed E-state index contributed by atoms with van der Waals surface area (Å²) in [5.74, 6) is -1.03. The molecule has 2 aromatic rings. The Morgan fingerprint density at radius 3 is 2.59 bits per heavy atom. The maximum atomic E-state index is 13.4. The first-order chi connectivity index (χ1) is 15.6. The fraction of sp³-hybridized carbons (Fsp3) is 0.478. The predicted molar refractivity (Wildman–Crippen MR) is 117 cm³/mol. The number of aromatic nitrogens is 1. The first-order valence-electron chi connectivity index (χ1n) is 10.9. The summed E-state index contributed by atoms with van der Waals surface area (Å²) in [6, 6.07) is 5.79. The van der Waals surface area contributed by atoms with E-state index in [1.54, 1.807) is 30.6 Å². The molecule has 2 aromatic heterocycles. The molecule has 9 heteroatoms. The van der Waals surface area contributed by atoms with E-state index in [4.69, 9.17) is 9.15 Å². The van der Waals surface area contributed by atoms with E-state index in [9.17, 15) is 14.4 Å². The Kier molecular flexibility index (Phi) is 8.79. The Labute approximate surface area is 187 Å². The quantitative estimate of drug-likeness (QED) is 0.582. The van der Waals surface area contributed by atoms with Crippen LogP contribution in [0.1, 0.15) is 54.3 Å². The van der Waals surface area contributed by atoms with Gasteiger partial charge in [-0.3, -0.25) is 19.4 Å². The zero-order valence-electron chi connectivity index (χ0n) is 18.3. The first-order valence-corrected chi connectivity index (χ1v) is 10.9. The summed E-state index contributed by atoms with van der Waals surface area (Å²) in [7, 11) is 1.53. The highest BCUT2D eigenvalue weighted by Gasteiger charge is 2.32. The Balaban J connectivity index is 1.78. The molecule has 3 rings (SSSR count). The Hall–Kier alpha value is -3.20. The number of hydrogen-bond acceptors (Lipinski definition) is 6.